The first kappa shape index (κ1) is 12.1. The maximum atomic E-state index is 10.5. The molecule has 0 saturated heterocycles. The van der Waals surface area contributed by atoms with Crippen molar-refractivity contribution in [2.24, 2.45) is 5.41 Å². The van der Waals surface area contributed by atoms with E-state index in [0.717, 1.165) is 12.8 Å². The number of nitriles is 1. The Morgan fingerprint density at radius 3 is 2.65 bits per heavy atom. The van der Waals surface area contributed by atoms with Crippen molar-refractivity contribution < 1.29 is 5.11 Å². The van der Waals surface area contributed by atoms with E-state index in [2.05, 4.69) is 18.2 Å². The number of aliphatic hydroxyl groups is 1. The molecule has 0 bridgehead atoms. The number of fused-ring (bicyclic) bond motifs is 1. The predicted molar refractivity (Wildman–Crippen MR) is 67.4 cm³/mol. The van der Waals surface area contributed by atoms with Gasteiger partial charge in [0.1, 0.15) is 0 Å². The van der Waals surface area contributed by atoms with Crippen LogP contribution in [0.2, 0.25) is 0 Å². The maximum Gasteiger partial charge on any atom is 0.0900 e. The number of aryl methyl sites for hydroxylation is 1. The first-order chi connectivity index (χ1) is 8.04. The predicted octanol–water partition coefficient (Wildman–Crippen LogP) is 2.85. The Labute approximate surface area is 103 Å². The van der Waals surface area contributed by atoms with Gasteiger partial charge in [0.25, 0.3) is 0 Å². The second kappa shape index (κ2) is 4.16. The molecule has 0 fully saturated rings. The van der Waals surface area contributed by atoms with Gasteiger partial charge in [0.2, 0.25) is 0 Å². The standard InChI is InChI=1S/C15H19NO/c1-3-14(2,17)15(11-16)9-8-12-6-4-5-7-13(12)10-15/h4-7,17H,3,8-10H2,1-2H3. The fourth-order valence-electron chi connectivity index (χ4n) is 2.75. The molecule has 1 aliphatic rings. The summed E-state index contributed by atoms with van der Waals surface area (Å²) in [5.41, 5.74) is 1.00. The van der Waals surface area contributed by atoms with Crippen molar-refractivity contribution in [1.82, 2.24) is 0 Å². The smallest absolute Gasteiger partial charge is 0.0900 e. The van der Waals surface area contributed by atoms with Gasteiger partial charge in [0.05, 0.1) is 17.1 Å². The van der Waals surface area contributed by atoms with E-state index in [1.54, 1.807) is 6.92 Å². The lowest BCUT2D eigenvalue weighted by atomic mass is 9.62. The Balaban J connectivity index is 2.40. The molecule has 2 rings (SSSR count). The molecule has 17 heavy (non-hydrogen) atoms. The second-order valence-corrected chi connectivity index (χ2v) is 5.27. The summed E-state index contributed by atoms with van der Waals surface area (Å²) >= 11 is 0. The molecular weight excluding hydrogens is 210 g/mol. The molecule has 2 atom stereocenters. The molecule has 0 radical (unpaired) electrons. The number of hydrogen-bond donors (Lipinski definition) is 1. The van der Waals surface area contributed by atoms with Gasteiger partial charge in [0, 0.05) is 0 Å². The van der Waals surface area contributed by atoms with Crippen molar-refractivity contribution in [3.8, 4) is 6.07 Å². The average molecular weight is 229 g/mol. The highest BCUT2D eigenvalue weighted by molar-refractivity contribution is 5.34. The van der Waals surface area contributed by atoms with E-state index < -0.39 is 11.0 Å². The van der Waals surface area contributed by atoms with E-state index in [9.17, 15) is 10.4 Å². The summed E-state index contributed by atoms with van der Waals surface area (Å²) in [6.07, 6.45) is 2.92. The van der Waals surface area contributed by atoms with Crippen LogP contribution < -0.4 is 0 Å². The first-order valence-corrected chi connectivity index (χ1v) is 6.25. The van der Waals surface area contributed by atoms with E-state index in [4.69, 9.17) is 0 Å². The number of benzene rings is 1. The highest BCUT2D eigenvalue weighted by Crippen LogP contribution is 2.44. The molecule has 1 aromatic rings. The van der Waals surface area contributed by atoms with Gasteiger partial charge in [-0.2, -0.15) is 5.26 Å². The minimum Gasteiger partial charge on any atom is -0.389 e. The molecule has 0 saturated carbocycles. The summed E-state index contributed by atoms with van der Waals surface area (Å²) in [5, 5.41) is 20.0. The molecule has 0 aromatic heterocycles. The van der Waals surface area contributed by atoms with Crippen LogP contribution >= 0.6 is 0 Å². The number of rotatable bonds is 2. The van der Waals surface area contributed by atoms with Crippen LogP contribution in [0.3, 0.4) is 0 Å². The largest absolute Gasteiger partial charge is 0.389 e. The zero-order valence-corrected chi connectivity index (χ0v) is 10.5. The Morgan fingerprint density at radius 2 is 2.06 bits per heavy atom. The maximum absolute atomic E-state index is 10.5. The Morgan fingerprint density at radius 1 is 1.41 bits per heavy atom. The van der Waals surface area contributed by atoms with Crippen molar-refractivity contribution in [2.75, 3.05) is 0 Å². The van der Waals surface area contributed by atoms with E-state index in [-0.39, 0.29) is 0 Å². The third kappa shape index (κ3) is 1.85. The van der Waals surface area contributed by atoms with Crippen molar-refractivity contribution in [3.63, 3.8) is 0 Å². The molecule has 1 aliphatic carbocycles. The molecule has 2 nitrogen and oxygen atoms in total. The highest BCUT2D eigenvalue weighted by atomic mass is 16.3. The minimum absolute atomic E-state index is 0.614. The molecule has 0 heterocycles. The SMILES string of the molecule is CCC(C)(O)C1(C#N)CCc2ccccc2C1. The van der Waals surface area contributed by atoms with Crippen LogP contribution in [-0.4, -0.2) is 10.7 Å². The van der Waals surface area contributed by atoms with Crippen LogP contribution in [0.1, 0.15) is 37.8 Å². The lowest BCUT2D eigenvalue weighted by Crippen LogP contribution is -2.48. The van der Waals surface area contributed by atoms with Crippen molar-refractivity contribution in [2.45, 2.75) is 45.1 Å². The summed E-state index contributed by atoms with van der Waals surface area (Å²) in [4.78, 5) is 0. The first-order valence-electron chi connectivity index (χ1n) is 6.25. The molecule has 1 aromatic carbocycles. The molecule has 90 valence electrons. The molecule has 0 amide bonds. The molecule has 0 aliphatic heterocycles. The Hall–Kier alpha value is -1.33. The minimum atomic E-state index is -0.907. The van der Waals surface area contributed by atoms with Gasteiger partial charge in [-0.25, -0.2) is 0 Å². The van der Waals surface area contributed by atoms with E-state index in [0.29, 0.717) is 12.8 Å². The van der Waals surface area contributed by atoms with Gasteiger partial charge in [-0.1, -0.05) is 31.2 Å². The van der Waals surface area contributed by atoms with Gasteiger partial charge in [-0.05, 0) is 43.7 Å². The molecule has 2 unspecified atom stereocenters. The third-order valence-electron chi connectivity index (χ3n) is 4.37. The number of nitrogens with zero attached hydrogens (tertiary/aromatic N) is 1. The van der Waals surface area contributed by atoms with Crippen LogP contribution in [-0.2, 0) is 12.8 Å². The van der Waals surface area contributed by atoms with E-state index in [1.807, 2.05) is 19.1 Å². The van der Waals surface area contributed by atoms with Crippen LogP contribution in [0, 0.1) is 16.7 Å². The highest BCUT2D eigenvalue weighted by Gasteiger charge is 2.48. The second-order valence-electron chi connectivity index (χ2n) is 5.27. The normalized spacial score (nSPS) is 26.7. The van der Waals surface area contributed by atoms with Crippen molar-refractivity contribution in [3.05, 3.63) is 35.4 Å². The van der Waals surface area contributed by atoms with Gasteiger partial charge < -0.3 is 5.11 Å². The fraction of sp³-hybridized carbons (Fsp3) is 0.533. The zero-order valence-electron chi connectivity index (χ0n) is 10.5. The van der Waals surface area contributed by atoms with Gasteiger partial charge in [-0.15, -0.1) is 0 Å². The monoisotopic (exact) mass is 229 g/mol. The zero-order chi connectivity index (χ0) is 12.5. The van der Waals surface area contributed by atoms with Gasteiger partial charge in [-0.3, -0.25) is 0 Å². The molecule has 0 spiro atoms. The summed E-state index contributed by atoms with van der Waals surface area (Å²) in [7, 11) is 0. The molecular formula is C15H19NO. The van der Waals surface area contributed by atoms with Crippen molar-refractivity contribution in [1.29, 1.82) is 5.26 Å². The number of hydrogen-bond acceptors (Lipinski definition) is 2. The fourth-order valence-corrected chi connectivity index (χ4v) is 2.75. The van der Waals surface area contributed by atoms with Crippen molar-refractivity contribution >= 4 is 0 Å². The topological polar surface area (TPSA) is 44.0 Å². The van der Waals surface area contributed by atoms with E-state index in [1.165, 1.54) is 11.1 Å². The third-order valence-corrected chi connectivity index (χ3v) is 4.37. The van der Waals surface area contributed by atoms with Crippen LogP contribution in [0.4, 0.5) is 0 Å². The average Bonchev–Trinajstić information content (AvgIpc) is 2.37. The van der Waals surface area contributed by atoms with Crippen LogP contribution in [0.25, 0.3) is 0 Å². The quantitative estimate of drug-likeness (QED) is 0.847. The Bertz CT molecular complexity index is 458. The molecule has 1 N–H and O–H groups in total. The van der Waals surface area contributed by atoms with Gasteiger partial charge in [0.15, 0.2) is 0 Å². The Kier molecular flexibility index (Phi) is 2.97. The lowest BCUT2D eigenvalue weighted by Gasteiger charge is -2.43. The van der Waals surface area contributed by atoms with E-state index >= 15 is 0 Å². The summed E-state index contributed by atoms with van der Waals surface area (Å²) in [6, 6.07) is 10.6. The summed E-state index contributed by atoms with van der Waals surface area (Å²) in [6.45, 7) is 3.74. The molecule has 2 heteroatoms. The van der Waals surface area contributed by atoms with Crippen LogP contribution in [0.15, 0.2) is 24.3 Å². The summed E-state index contributed by atoms with van der Waals surface area (Å²) in [5.74, 6) is 0. The van der Waals surface area contributed by atoms with Gasteiger partial charge >= 0.3 is 0 Å². The summed E-state index contributed by atoms with van der Waals surface area (Å²) < 4.78 is 0. The lowest BCUT2D eigenvalue weighted by molar-refractivity contribution is -0.0494. The van der Waals surface area contributed by atoms with Crippen LogP contribution in [0.5, 0.6) is 0 Å².